The van der Waals surface area contributed by atoms with Crippen LogP contribution in [-0.2, 0) is 9.47 Å². The lowest BCUT2D eigenvalue weighted by Crippen LogP contribution is -2.33. The van der Waals surface area contributed by atoms with Gasteiger partial charge >= 0.3 is 6.16 Å². The van der Waals surface area contributed by atoms with Gasteiger partial charge in [-0.25, -0.2) is 4.79 Å². The Labute approximate surface area is 108 Å². The zero-order chi connectivity index (χ0) is 12.3. The topological polar surface area (TPSA) is 35.5 Å². The Morgan fingerprint density at radius 3 is 2.72 bits per heavy atom. The van der Waals surface area contributed by atoms with E-state index in [1.165, 1.54) is 26.4 Å². The molecule has 7 atom stereocenters. The van der Waals surface area contributed by atoms with E-state index < -0.39 is 6.16 Å². The van der Waals surface area contributed by atoms with E-state index in [1.54, 1.807) is 0 Å². The molecule has 0 N–H and O–H groups in total. The molecular formula is C15H20O3. The minimum Gasteiger partial charge on any atom is -0.438 e. The zero-order valence-electron chi connectivity index (χ0n) is 10.7. The first kappa shape index (κ1) is 10.9. The average molecular weight is 248 g/mol. The highest BCUT2D eigenvalue weighted by Crippen LogP contribution is 2.66. The van der Waals surface area contributed by atoms with Crippen LogP contribution in [0.3, 0.4) is 0 Å². The molecule has 4 aliphatic carbocycles. The fourth-order valence-electron chi connectivity index (χ4n) is 5.58. The minimum atomic E-state index is -0.526. The molecule has 0 aliphatic heterocycles. The number of hydrogen-bond acceptors (Lipinski definition) is 3. The summed E-state index contributed by atoms with van der Waals surface area (Å²) in [6.07, 6.45) is 8.42. The summed E-state index contributed by atoms with van der Waals surface area (Å²) < 4.78 is 9.73. The second-order valence-electron chi connectivity index (χ2n) is 6.52. The van der Waals surface area contributed by atoms with Crippen LogP contribution < -0.4 is 0 Å². The van der Waals surface area contributed by atoms with Crippen LogP contribution in [0.15, 0.2) is 12.2 Å². The third-order valence-corrected chi connectivity index (χ3v) is 5.99. The molecule has 0 amide bonds. The van der Waals surface area contributed by atoms with Gasteiger partial charge in [0.25, 0.3) is 0 Å². The van der Waals surface area contributed by atoms with Gasteiger partial charge in [0.05, 0.1) is 13.7 Å². The molecule has 0 saturated heterocycles. The molecule has 7 unspecified atom stereocenters. The second-order valence-corrected chi connectivity index (χ2v) is 6.52. The summed E-state index contributed by atoms with van der Waals surface area (Å²) in [6.45, 7) is 0.568. The maximum atomic E-state index is 11.1. The van der Waals surface area contributed by atoms with E-state index in [-0.39, 0.29) is 0 Å². The van der Waals surface area contributed by atoms with Crippen LogP contribution in [0.5, 0.6) is 0 Å². The Balaban J connectivity index is 1.46. The first-order valence-electron chi connectivity index (χ1n) is 7.17. The molecule has 4 rings (SSSR count). The first-order valence-corrected chi connectivity index (χ1v) is 7.17. The number of methoxy groups -OCH3 is 1. The van der Waals surface area contributed by atoms with Crippen molar-refractivity contribution >= 4 is 6.16 Å². The van der Waals surface area contributed by atoms with E-state index in [9.17, 15) is 4.79 Å². The number of allylic oxidation sites excluding steroid dienone is 2. The van der Waals surface area contributed by atoms with Crippen molar-refractivity contribution in [3.05, 3.63) is 12.2 Å². The molecule has 3 nitrogen and oxygen atoms in total. The molecule has 3 heteroatoms. The maximum Gasteiger partial charge on any atom is 0.507 e. The number of rotatable bonds is 2. The smallest absolute Gasteiger partial charge is 0.438 e. The molecule has 0 radical (unpaired) electrons. The molecule has 0 heterocycles. The number of fused-ring (bicyclic) bond motifs is 9. The molecule has 98 valence electrons. The fourth-order valence-corrected chi connectivity index (χ4v) is 5.58. The SMILES string of the molecule is COC(=O)OCC1CC2CC1C1C3C=CC(C3)C21. The van der Waals surface area contributed by atoms with E-state index in [0.717, 1.165) is 35.5 Å². The number of ether oxygens (including phenoxy) is 2. The number of hydrogen-bond donors (Lipinski definition) is 0. The highest BCUT2D eigenvalue weighted by molar-refractivity contribution is 5.59. The van der Waals surface area contributed by atoms with E-state index >= 15 is 0 Å². The summed E-state index contributed by atoms with van der Waals surface area (Å²) in [5.74, 6) is 5.83. The van der Waals surface area contributed by atoms with Crippen molar-refractivity contribution in [3.63, 3.8) is 0 Å². The highest BCUT2D eigenvalue weighted by atomic mass is 16.7. The van der Waals surface area contributed by atoms with E-state index in [0.29, 0.717) is 12.5 Å². The van der Waals surface area contributed by atoms with Gasteiger partial charge in [-0.15, -0.1) is 0 Å². The molecule has 0 spiro atoms. The van der Waals surface area contributed by atoms with Crippen molar-refractivity contribution in [2.45, 2.75) is 19.3 Å². The van der Waals surface area contributed by atoms with Crippen LogP contribution in [-0.4, -0.2) is 19.9 Å². The summed E-state index contributed by atoms with van der Waals surface area (Å²) in [5, 5.41) is 0. The molecule has 4 aliphatic rings. The number of carbonyl (C=O) groups excluding carboxylic acids is 1. The Morgan fingerprint density at radius 1 is 1.17 bits per heavy atom. The lowest BCUT2D eigenvalue weighted by atomic mass is 9.69. The van der Waals surface area contributed by atoms with Gasteiger partial charge in [-0.3, -0.25) is 0 Å². The van der Waals surface area contributed by atoms with Crippen molar-refractivity contribution < 1.29 is 14.3 Å². The average Bonchev–Trinajstić information content (AvgIpc) is 3.11. The molecule has 4 bridgehead atoms. The lowest BCUT2D eigenvalue weighted by molar-refractivity contribution is 0.0364. The maximum absolute atomic E-state index is 11.1. The normalized spacial score (nSPS) is 50.6. The summed E-state index contributed by atoms with van der Waals surface area (Å²) in [4.78, 5) is 11.1. The van der Waals surface area contributed by atoms with Gasteiger partial charge in [-0.05, 0) is 60.7 Å². The van der Waals surface area contributed by atoms with Crippen molar-refractivity contribution in [2.24, 2.45) is 41.4 Å². The third kappa shape index (κ3) is 1.33. The summed E-state index contributed by atoms with van der Waals surface area (Å²) in [7, 11) is 1.37. The monoisotopic (exact) mass is 248 g/mol. The van der Waals surface area contributed by atoms with Gasteiger partial charge in [-0.2, -0.15) is 0 Å². The molecule has 0 aromatic rings. The molecular weight excluding hydrogens is 228 g/mol. The summed E-state index contributed by atoms with van der Waals surface area (Å²) in [6, 6.07) is 0. The standard InChI is InChI=1S/C15H20O3/c1-17-15(16)18-7-11-5-10-6-12(11)14-9-3-2-8(4-9)13(10)14/h2-3,8-14H,4-7H2,1H3. The number of carbonyl (C=O) groups is 1. The van der Waals surface area contributed by atoms with Gasteiger partial charge in [0.2, 0.25) is 0 Å². The molecule has 0 aromatic carbocycles. The Morgan fingerprint density at radius 2 is 1.94 bits per heavy atom. The van der Waals surface area contributed by atoms with Crippen LogP contribution in [0.1, 0.15) is 19.3 Å². The predicted octanol–water partition coefficient (Wildman–Crippen LogP) is 2.86. The lowest BCUT2D eigenvalue weighted by Gasteiger charge is -2.36. The third-order valence-electron chi connectivity index (χ3n) is 5.99. The highest BCUT2D eigenvalue weighted by Gasteiger charge is 2.60. The summed E-state index contributed by atoms with van der Waals surface area (Å²) in [5.41, 5.74) is 0. The fraction of sp³-hybridized carbons (Fsp3) is 0.800. The molecule has 0 aromatic heterocycles. The zero-order valence-corrected chi connectivity index (χ0v) is 10.7. The van der Waals surface area contributed by atoms with Crippen LogP contribution in [0.2, 0.25) is 0 Å². The van der Waals surface area contributed by atoms with E-state index in [2.05, 4.69) is 16.9 Å². The van der Waals surface area contributed by atoms with Crippen LogP contribution in [0, 0.1) is 41.4 Å². The minimum absolute atomic E-state index is 0.526. The van der Waals surface area contributed by atoms with Gasteiger partial charge in [0, 0.05) is 0 Å². The Kier molecular flexibility index (Phi) is 2.27. The quantitative estimate of drug-likeness (QED) is 0.428. The van der Waals surface area contributed by atoms with Crippen molar-refractivity contribution in [1.82, 2.24) is 0 Å². The Hall–Kier alpha value is -0.990. The van der Waals surface area contributed by atoms with Crippen LogP contribution in [0.25, 0.3) is 0 Å². The van der Waals surface area contributed by atoms with E-state index in [1.807, 2.05) is 0 Å². The van der Waals surface area contributed by atoms with E-state index in [4.69, 9.17) is 4.74 Å². The van der Waals surface area contributed by atoms with Gasteiger partial charge in [-0.1, -0.05) is 12.2 Å². The molecule has 3 fully saturated rings. The predicted molar refractivity (Wildman–Crippen MR) is 65.8 cm³/mol. The second kappa shape index (κ2) is 3.75. The van der Waals surface area contributed by atoms with Crippen LogP contribution >= 0.6 is 0 Å². The first-order chi connectivity index (χ1) is 8.78. The van der Waals surface area contributed by atoms with Crippen molar-refractivity contribution in [1.29, 1.82) is 0 Å². The molecule has 18 heavy (non-hydrogen) atoms. The van der Waals surface area contributed by atoms with Crippen molar-refractivity contribution in [2.75, 3.05) is 13.7 Å². The largest absolute Gasteiger partial charge is 0.507 e. The van der Waals surface area contributed by atoms with Gasteiger partial charge < -0.3 is 9.47 Å². The summed E-state index contributed by atoms with van der Waals surface area (Å²) >= 11 is 0. The van der Waals surface area contributed by atoms with Gasteiger partial charge in [0.15, 0.2) is 0 Å². The van der Waals surface area contributed by atoms with Gasteiger partial charge in [0.1, 0.15) is 0 Å². The van der Waals surface area contributed by atoms with Crippen molar-refractivity contribution in [3.8, 4) is 0 Å². The molecule has 3 saturated carbocycles. The van der Waals surface area contributed by atoms with Crippen LogP contribution in [0.4, 0.5) is 4.79 Å². The Bertz CT molecular complexity index is 403.